The van der Waals surface area contributed by atoms with Gasteiger partial charge >= 0.3 is 0 Å². The van der Waals surface area contributed by atoms with Crippen molar-refractivity contribution in [3.05, 3.63) is 24.3 Å². The number of ketones is 1. The summed E-state index contributed by atoms with van der Waals surface area (Å²) in [6, 6.07) is 0. The molecule has 0 amide bonds. The third-order valence-electron chi connectivity index (χ3n) is 7.95. The van der Waals surface area contributed by atoms with E-state index in [1.165, 1.54) is 154 Å². The van der Waals surface area contributed by atoms with Gasteiger partial charge in [-0.3, -0.25) is 4.79 Å². The summed E-state index contributed by atoms with van der Waals surface area (Å²) in [5.74, 6) is 0.477. The predicted octanol–water partition coefficient (Wildman–Crippen LogP) is 13.4. The third kappa shape index (κ3) is 43.7. The van der Waals surface area contributed by atoms with Gasteiger partial charge in [0, 0.05) is 19.4 Å². The molecule has 0 aliphatic rings. The number of allylic oxidation sites excluding steroid dienone is 4. The lowest BCUT2D eigenvalue weighted by atomic mass is 10.0. The minimum absolute atomic E-state index is 0.362. The number of hydrogen-bond donors (Lipinski definition) is 1. The van der Waals surface area contributed by atoms with Crippen molar-refractivity contribution in [3.63, 3.8) is 0 Å². The molecule has 0 saturated carbocycles. The lowest BCUT2D eigenvalue weighted by Crippen LogP contribution is -1.97. The monoisotopic (exact) mass is 577 g/mol. The van der Waals surface area contributed by atoms with Crippen LogP contribution in [0, 0.1) is 0 Å². The average Bonchev–Trinajstić information content (AvgIpc) is 2.98. The molecule has 0 atom stereocenters. The molecule has 0 aliphatic heterocycles. The number of aliphatic hydroxyl groups is 1. The number of unbranched alkanes of at least 4 members (excludes halogenated alkanes) is 23. The van der Waals surface area contributed by atoms with Gasteiger partial charge in [0.2, 0.25) is 0 Å². The molecule has 244 valence electrons. The second kappa shape index (κ2) is 41.2. The Hall–Kier alpha value is -0.890. The van der Waals surface area contributed by atoms with Crippen LogP contribution in [-0.2, 0) is 4.79 Å². The van der Waals surface area contributed by atoms with Crippen LogP contribution in [0.1, 0.15) is 213 Å². The fourth-order valence-corrected chi connectivity index (χ4v) is 5.11. The highest BCUT2D eigenvalue weighted by atomic mass is 16.2. The van der Waals surface area contributed by atoms with E-state index in [4.69, 9.17) is 5.11 Å². The molecule has 0 saturated heterocycles. The highest BCUT2D eigenvalue weighted by molar-refractivity contribution is 5.78. The Morgan fingerprint density at radius 1 is 0.390 bits per heavy atom. The number of carbonyl (C=O) groups is 1. The molecule has 2 heteroatoms. The molecule has 0 unspecified atom stereocenters. The fraction of sp³-hybridized carbons (Fsp3) is 0.872. The van der Waals surface area contributed by atoms with Crippen molar-refractivity contribution in [1.29, 1.82) is 0 Å². The van der Waals surface area contributed by atoms with Crippen LogP contribution in [0.5, 0.6) is 0 Å². The van der Waals surface area contributed by atoms with Crippen molar-refractivity contribution in [1.82, 2.24) is 0 Å². The second-order valence-corrected chi connectivity index (χ2v) is 12.3. The van der Waals surface area contributed by atoms with Crippen molar-refractivity contribution in [3.8, 4) is 0 Å². The Labute approximate surface area is 259 Å². The van der Waals surface area contributed by atoms with Crippen LogP contribution >= 0.6 is 0 Å². The number of carbonyl (C=O) groups excluding carboxylic acids is 1. The number of aliphatic hydroxyl groups excluding tert-OH is 1. The van der Waals surface area contributed by atoms with Gasteiger partial charge < -0.3 is 5.11 Å². The molecule has 0 spiro atoms. The molecule has 0 heterocycles. The highest BCUT2D eigenvalue weighted by Gasteiger charge is 2.01. The van der Waals surface area contributed by atoms with E-state index >= 15 is 0 Å². The molecule has 0 aromatic heterocycles. The Bertz CT molecular complexity index is 522. The molecular formula is C39H76O2. The summed E-state index contributed by atoms with van der Waals surface area (Å²) < 4.78 is 0. The molecule has 0 bridgehead atoms. The Kier molecular flexibility index (Phi) is 42.5. The maximum atomic E-state index is 11.8. The predicted molar refractivity (Wildman–Crippen MR) is 186 cm³/mol. The van der Waals surface area contributed by atoms with E-state index in [-0.39, 0.29) is 0 Å². The van der Waals surface area contributed by atoms with Crippen LogP contribution in [0.3, 0.4) is 0 Å². The molecule has 0 fully saturated rings. The first-order chi connectivity index (χ1) is 20.2. The van der Waals surface area contributed by atoms with Gasteiger partial charge in [0.25, 0.3) is 0 Å². The minimum Gasteiger partial charge on any atom is -0.396 e. The Balaban J connectivity index is 0. The molecule has 2 nitrogen and oxygen atoms in total. The first-order valence-electron chi connectivity index (χ1n) is 18.6. The van der Waals surface area contributed by atoms with Crippen LogP contribution in [0.2, 0.25) is 0 Å². The summed E-state index contributed by atoms with van der Waals surface area (Å²) in [6.45, 7) is 7.13. The first-order valence-corrected chi connectivity index (χ1v) is 18.6. The standard InChI is InChI=1S/C21H40O.C18H36O/c1-3-5-7-9-11-13-15-17-19-21(22)20-18-16-14-12-10-8-6-4-2;1-2-3-4-5-6-7-8-9-10-11-12-13-14-15-16-17-18-19/h11,13H,3-10,12,14-20H2,1-2H3;9-10,19H,2-8,11-18H2,1H3/b13-11-;10-9-. The largest absolute Gasteiger partial charge is 0.396 e. The van der Waals surface area contributed by atoms with Crippen LogP contribution in [0.15, 0.2) is 24.3 Å². The topological polar surface area (TPSA) is 37.3 Å². The molecular weight excluding hydrogens is 500 g/mol. The summed E-state index contributed by atoms with van der Waals surface area (Å²) >= 11 is 0. The van der Waals surface area contributed by atoms with Gasteiger partial charge in [0.05, 0.1) is 0 Å². The third-order valence-corrected chi connectivity index (χ3v) is 7.95. The van der Waals surface area contributed by atoms with E-state index in [2.05, 4.69) is 45.1 Å². The lowest BCUT2D eigenvalue weighted by Gasteiger charge is -2.02. The summed E-state index contributed by atoms with van der Waals surface area (Å²) in [6.07, 6.45) is 47.1. The number of Topliss-reactive ketones (excluding diaryl/α,β-unsaturated/α-hetero) is 1. The molecule has 0 rings (SSSR count). The van der Waals surface area contributed by atoms with E-state index in [0.29, 0.717) is 12.4 Å². The van der Waals surface area contributed by atoms with Gasteiger partial charge in [-0.05, 0) is 64.2 Å². The van der Waals surface area contributed by atoms with Gasteiger partial charge in [0.1, 0.15) is 5.78 Å². The normalized spacial score (nSPS) is 11.4. The Morgan fingerprint density at radius 3 is 1.12 bits per heavy atom. The van der Waals surface area contributed by atoms with E-state index in [9.17, 15) is 4.79 Å². The molecule has 41 heavy (non-hydrogen) atoms. The molecule has 0 aliphatic carbocycles. The van der Waals surface area contributed by atoms with Crippen LogP contribution in [-0.4, -0.2) is 17.5 Å². The SMILES string of the molecule is CCCCC/C=C\CCCC(=O)CCCCCCCCCC.CCCCCCCC/C=C\CCCCCCCCO. The minimum atomic E-state index is 0.362. The van der Waals surface area contributed by atoms with Crippen LogP contribution < -0.4 is 0 Å². The number of hydrogen-bond acceptors (Lipinski definition) is 2. The van der Waals surface area contributed by atoms with E-state index in [0.717, 1.165) is 38.5 Å². The smallest absolute Gasteiger partial charge is 0.132 e. The molecule has 0 aromatic rings. The van der Waals surface area contributed by atoms with Gasteiger partial charge in [-0.1, -0.05) is 161 Å². The van der Waals surface area contributed by atoms with Crippen molar-refractivity contribution in [2.45, 2.75) is 213 Å². The lowest BCUT2D eigenvalue weighted by molar-refractivity contribution is -0.119. The van der Waals surface area contributed by atoms with Gasteiger partial charge in [-0.15, -0.1) is 0 Å². The molecule has 0 radical (unpaired) electrons. The first kappa shape index (κ1) is 42.2. The van der Waals surface area contributed by atoms with E-state index in [1.807, 2.05) is 0 Å². The Morgan fingerprint density at radius 2 is 0.683 bits per heavy atom. The van der Waals surface area contributed by atoms with Crippen molar-refractivity contribution >= 4 is 5.78 Å². The fourth-order valence-electron chi connectivity index (χ4n) is 5.11. The average molecular weight is 577 g/mol. The quantitative estimate of drug-likeness (QED) is 0.0638. The van der Waals surface area contributed by atoms with E-state index < -0.39 is 0 Å². The second-order valence-electron chi connectivity index (χ2n) is 12.3. The molecule has 1 N–H and O–H groups in total. The van der Waals surface area contributed by atoms with Gasteiger partial charge in [-0.25, -0.2) is 0 Å². The van der Waals surface area contributed by atoms with Gasteiger partial charge in [-0.2, -0.15) is 0 Å². The zero-order valence-corrected chi connectivity index (χ0v) is 28.6. The summed E-state index contributed by atoms with van der Waals surface area (Å²) in [7, 11) is 0. The summed E-state index contributed by atoms with van der Waals surface area (Å²) in [5.41, 5.74) is 0. The van der Waals surface area contributed by atoms with E-state index in [1.54, 1.807) is 0 Å². The van der Waals surface area contributed by atoms with Crippen molar-refractivity contribution in [2.75, 3.05) is 6.61 Å². The summed E-state index contributed by atoms with van der Waals surface area (Å²) in [4.78, 5) is 11.8. The zero-order chi connectivity index (χ0) is 30.3. The van der Waals surface area contributed by atoms with Gasteiger partial charge in [0.15, 0.2) is 0 Å². The molecule has 0 aromatic carbocycles. The zero-order valence-electron chi connectivity index (χ0n) is 28.6. The summed E-state index contributed by atoms with van der Waals surface area (Å²) in [5, 5.41) is 8.66. The maximum Gasteiger partial charge on any atom is 0.132 e. The van der Waals surface area contributed by atoms with Crippen molar-refractivity contribution < 1.29 is 9.90 Å². The maximum absolute atomic E-state index is 11.8. The number of rotatable bonds is 32. The van der Waals surface area contributed by atoms with Crippen LogP contribution in [0.4, 0.5) is 0 Å². The van der Waals surface area contributed by atoms with Crippen molar-refractivity contribution in [2.24, 2.45) is 0 Å². The highest BCUT2D eigenvalue weighted by Crippen LogP contribution is 2.12. The van der Waals surface area contributed by atoms with Crippen LogP contribution in [0.25, 0.3) is 0 Å².